The Bertz CT molecular complexity index is 399. The van der Waals surface area contributed by atoms with E-state index in [1.54, 1.807) is 19.9 Å². The van der Waals surface area contributed by atoms with E-state index >= 15 is 0 Å². The highest BCUT2D eigenvalue weighted by molar-refractivity contribution is 5.79. The zero-order valence-corrected chi connectivity index (χ0v) is 7.53. The second-order valence-electron chi connectivity index (χ2n) is 2.86. The smallest absolute Gasteiger partial charge is 0.336 e. The molecule has 1 heterocycles. The van der Waals surface area contributed by atoms with E-state index in [-0.39, 0.29) is 0 Å². The number of hydrogen-bond acceptors (Lipinski definition) is 3. The molecule has 0 unspecified atom stereocenters. The molecular formula is C10H10O3. The van der Waals surface area contributed by atoms with Gasteiger partial charge in [-0.25, -0.2) is 4.79 Å². The predicted molar refractivity (Wildman–Crippen MR) is 49.4 cm³/mol. The lowest BCUT2D eigenvalue weighted by Crippen LogP contribution is -1.98. The molecule has 0 aromatic carbocycles. The second kappa shape index (κ2) is 3.85. The average Bonchev–Trinajstić information content (AvgIpc) is 2.02. The summed E-state index contributed by atoms with van der Waals surface area (Å²) in [4.78, 5) is 21.2. The maximum atomic E-state index is 10.9. The number of aldehydes is 1. The molecule has 0 saturated carbocycles. The highest BCUT2D eigenvalue weighted by Gasteiger charge is 1.95. The summed E-state index contributed by atoms with van der Waals surface area (Å²) < 4.78 is 4.84. The van der Waals surface area contributed by atoms with Crippen molar-refractivity contribution in [3.05, 3.63) is 39.4 Å². The highest BCUT2D eigenvalue weighted by Crippen LogP contribution is 2.04. The minimum Gasteiger partial charge on any atom is -0.423 e. The molecule has 3 heteroatoms. The van der Waals surface area contributed by atoms with E-state index in [0.29, 0.717) is 17.6 Å². The van der Waals surface area contributed by atoms with Crippen LogP contribution in [0.4, 0.5) is 0 Å². The molecule has 0 amide bonds. The van der Waals surface area contributed by atoms with Gasteiger partial charge in [-0.05, 0) is 37.1 Å². The molecule has 0 aliphatic heterocycles. The van der Waals surface area contributed by atoms with Crippen molar-refractivity contribution in [3.63, 3.8) is 0 Å². The number of aryl methyl sites for hydroxylation is 1. The Morgan fingerprint density at radius 1 is 1.46 bits per heavy atom. The molecular weight excluding hydrogens is 168 g/mol. The van der Waals surface area contributed by atoms with Crippen molar-refractivity contribution in [3.8, 4) is 0 Å². The van der Waals surface area contributed by atoms with E-state index in [1.807, 2.05) is 0 Å². The first-order valence-corrected chi connectivity index (χ1v) is 3.87. The fourth-order valence-corrected chi connectivity index (χ4v) is 0.957. The molecule has 0 radical (unpaired) electrons. The quantitative estimate of drug-likeness (QED) is 0.510. The molecule has 1 aromatic heterocycles. The third kappa shape index (κ3) is 2.71. The Morgan fingerprint density at radius 3 is 2.69 bits per heavy atom. The Kier molecular flexibility index (Phi) is 2.80. The van der Waals surface area contributed by atoms with E-state index in [2.05, 4.69) is 0 Å². The van der Waals surface area contributed by atoms with Crippen LogP contribution in [0.15, 0.2) is 26.9 Å². The first-order valence-electron chi connectivity index (χ1n) is 3.87. The number of hydrogen-bond donors (Lipinski definition) is 0. The van der Waals surface area contributed by atoms with Crippen LogP contribution in [0.3, 0.4) is 0 Å². The van der Waals surface area contributed by atoms with Crippen LogP contribution in [0, 0.1) is 6.92 Å². The number of allylic oxidation sites excluding steroid dienone is 1. The van der Waals surface area contributed by atoms with E-state index < -0.39 is 5.63 Å². The molecule has 0 N–H and O–H groups in total. The van der Waals surface area contributed by atoms with Crippen molar-refractivity contribution in [2.24, 2.45) is 0 Å². The molecule has 68 valence electrons. The van der Waals surface area contributed by atoms with Crippen molar-refractivity contribution in [2.45, 2.75) is 13.8 Å². The summed E-state index contributed by atoms with van der Waals surface area (Å²) >= 11 is 0. The number of carbonyl (C=O) groups is 1. The van der Waals surface area contributed by atoms with Gasteiger partial charge in [0.1, 0.15) is 12.0 Å². The Labute approximate surface area is 75.7 Å². The molecule has 0 aliphatic carbocycles. The number of rotatable bonds is 2. The summed E-state index contributed by atoms with van der Waals surface area (Å²) in [5.41, 5.74) is 0.944. The summed E-state index contributed by atoms with van der Waals surface area (Å²) in [6.07, 6.45) is 2.24. The largest absolute Gasteiger partial charge is 0.423 e. The van der Waals surface area contributed by atoms with Crippen LogP contribution in [0.1, 0.15) is 18.2 Å². The third-order valence-electron chi connectivity index (χ3n) is 1.49. The molecule has 3 nitrogen and oxygen atoms in total. The van der Waals surface area contributed by atoms with Crippen molar-refractivity contribution >= 4 is 12.4 Å². The van der Waals surface area contributed by atoms with Crippen LogP contribution in [0.2, 0.25) is 0 Å². The fourth-order valence-electron chi connectivity index (χ4n) is 0.957. The Balaban J connectivity index is 3.16. The van der Waals surface area contributed by atoms with Gasteiger partial charge in [0.25, 0.3) is 0 Å². The van der Waals surface area contributed by atoms with Gasteiger partial charge in [-0.2, -0.15) is 0 Å². The van der Waals surface area contributed by atoms with Crippen LogP contribution in [-0.4, -0.2) is 6.29 Å². The van der Waals surface area contributed by atoms with Gasteiger partial charge in [0.2, 0.25) is 0 Å². The fraction of sp³-hybridized carbons (Fsp3) is 0.200. The van der Waals surface area contributed by atoms with Crippen LogP contribution < -0.4 is 5.63 Å². The average molecular weight is 178 g/mol. The minimum absolute atomic E-state index is 0.398. The maximum Gasteiger partial charge on any atom is 0.336 e. The standard InChI is InChI=1S/C10H10O3/c1-7-3-9(4-8(2)6-11)13-10(12)5-7/h3-6H,1-2H3/b8-4+. The Hall–Kier alpha value is -1.64. The lowest BCUT2D eigenvalue weighted by atomic mass is 10.2. The van der Waals surface area contributed by atoms with Gasteiger partial charge < -0.3 is 4.42 Å². The Morgan fingerprint density at radius 2 is 2.15 bits per heavy atom. The summed E-state index contributed by atoms with van der Waals surface area (Å²) in [5, 5.41) is 0. The topological polar surface area (TPSA) is 47.3 Å². The SMILES string of the molecule is C/C(C=O)=C\c1cc(C)cc(=O)o1. The normalized spacial score (nSPS) is 11.4. The van der Waals surface area contributed by atoms with Crippen molar-refractivity contribution in [1.82, 2.24) is 0 Å². The summed E-state index contributed by atoms with van der Waals surface area (Å²) in [7, 11) is 0. The van der Waals surface area contributed by atoms with Gasteiger partial charge in [0.05, 0.1) is 0 Å². The molecule has 1 aromatic rings. The van der Waals surface area contributed by atoms with Crippen molar-refractivity contribution in [1.29, 1.82) is 0 Å². The molecule has 0 aliphatic rings. The molecule has 1 rings (SSSR count). The van der Waals surface area contributed by atoms with Crippen LogP contribution in [-0.2, 0) is 4.79 Å². The second-order valence-corrected chi connectivity index (χ2v) is 2.86. The maximum absolute atomic E-state index is 10.9. The molecule has 13 heavy (non-hydrogen) atoms. The van der Waals surface area contributed by atoms with Crippen molar-refractivity contribution < 1.29 is 9.21 Å². The summed E-state index contributed by atoms with van der Waals surface area (Å²) in [6.45, 7) is 3.44. The lowest BCUT2D eigenvalue weighted by molar-refractivity contribution is -0.104. The molecule has 0 fully saturated rings. The lowest BCUT2D eigenvalue weighted by Gasteiger charge is -1.94. The van der Waals surface area contributed by atoms with E-state index in [0.717, 1.165) is 5.56 Å². The summed E-state index contributed by atoms with van der Waals surface area (Å²) in [6, 6.07) is 3.10. The molecule has 0 bridgehead atoms. The van der Waals surface area contributed by atoms with Gasteiger partial charge in [-0.1, -0.05) is 0 Å². The first-order chi connectivity index (χ1) is 6.11. The summed E-state index contributed by atoms with van der Waals surface area (Å²) in [5.74, 6) is 0.412. The third-order valence-corrected chi connectivity index (χ3v) is 1.49. The van der Waals surface area contributed by atoms with E-state index in [4.69, 9.17) is 4.42 Å². The monoisotopic (exact) mass is 178 g/mol. The molecule has 0 saturated heterocycles. The highest BCUT2D eigenvalue weighted by atomic mass is 16.4. The van der Waals surface area contributed by atoms with Gasteiger partial charge in [-0.3, -0.25) is 4.79 Å². The van der Waals surface area contributed by atoms with Crippen molar-refractivity contribution in [2.75, 3.05) is 0 Å². The van der Waals surface area contributed by atoms with E-state index in [1.165, 1.54) is 12.1 Å². The van der Waals surface area contributed by atoms with Crippen LogP contribution in [0.25, 0.3) is 6.08 Å². The van der Waals surface area contributed by atoms with Gasteiger partial charge in [0, 0.05) is 6.07 Å². The van der Waals surface area contributed by atoms with Gasteiger partial charge in [0.15, 0.2) is 0 Å². The predicted octanol–water partition coefficient (Wildman–Crippen LogP) is 1.55. The van der Waals surface area contributed by atoms with E-state index in [9.17, 15) is 9.59 Å². The number of carbonyl (C=O) groups excluding carboxylic acids is 1. The zero-order chi connectivity index (χ0) is 9.84. The zero-order valence-electron chi connectivity index (χ0n) is 7.53. The van der Waals surface area contributed by atoms with Gasteiger partial charge >= 0.3 is 5.63 Å². The van der Waals surface area contributed by atoms with Gasteiger partial charge in [-0.15, -0.1) is 0 Å². The van der Waals surface area contributed by atoms with Crippen LogP contribution in [0.5, 0.6) is 0 Å². The first kappa shape index (κ1) is 9.45. The molecule has 0 spiro atoms. The van der Waals surface area contributed by atoms with Crippen LogP contribution >= 0.6 is 0 Å². The minimum atomic E-state index is -0.398. The molecule has 0 atom stereocenters.